The van der Waals surface area contributed by atoms with Crippen molar-refractivity contribution in [2.45, 2.75) is 0 Å². The third-order valence-corrected chi connectivity index (χ3v) is 4.70. The molecule has 1 fully saturated rings. The Kier molecular flexibility index (Phi) is 4.89. The van der Waals surface area contributed by atoms with E-state index in [0.29, 0.717) is 21.6 Å². The van der Waals surface area contributed by atoms with Gasteiger partial charge in [0, 0.05) is 5.02 Å². The van der Waals surface area contributed by atoms with Gasteiger partial charge in [-0.1, -0.05) is 23.8 Å². The summed E-state index contributed by atoms with van der Waals surface area (Å²) in [5, 5.41) is 9.28. The van der Waals surface area contributed by atoms with E-state index in [1.807, 2.05) is 12.1 Å². The van der Waals surface area contributed by atoms with Crippen molar-refractivity contribution in [3.8, 4) is 11.5 Å². The van der Waals surface area contributed by atoms with E-state index in [2.05, 4.69) is 0 Å². The Morgan fingerprint density at radius 3 is 2.24 bits per heavy atom. The van der Waals surface area contributed by atoms with Crippen molar-refractivity contribution in [2.75, 3.05) is 24.0 Å². The van der Waals surface area contributed by atoms with E-state index in [0.717, 1.165) is 11.4 Å². The van der Waals surface area contributed by atoms with Crippen LogP contribution in [0.2, 0.25) is 5.02 Å². The molecule has 1 saturated heterocycles. The van der Waals surface area contributed by atoms with Crippen LogP contribution in [0.3, 0.4) is 0 Å². The van der Waals surface area contributed by atoms with Crippen molar-refractivity contribution in [1.82, 2.24) is 0 Å². The smallest absolute Gasteiger partial charge is 0.192 e. The Balaban J connectivity index is 2.04. The summed E-state index contributed by atoms with van der Waals surface area (Å²) >= 11 is 17.2. The maximum Gasteiger partial charge on any atom is 0.192 e. The highest BCUT2D eigenvalue weighted by Gasteiger charge is 2.38. The standard InChI is InChI=1S/C17H14ClN3O2S2/c1-22-12-6-4-11(5-7-12)20-15(19)16(24)21(17(20)25)13-9-10(18)3-8-14(13)23-2/h3-9,19H,1-2H3. The molecular weight excluding hydrogens is 378 g/mol. The van der Waals surface area contributed by atoms with Gasteiger partial charge in [0.25, 0.3) is 0 Å². The van der Waals surface area contributed by atoms with E-state index in [-0.39, 0.29) is 10.8 Å². The van der Waals surface area contributed by atoms with Gasteiger partial charge < -0.3 is 9.47 Å². The molecule has 8 heteroatoms. The summed E-state index contributed by atoms with van der Waals surface area (Å²) < 4.78 is 10.6. The van der Waals surface area contributed by atoms with Crippen molar-refractivity contribution in [3.05, 3.63) is 47.5 Å². The lowest BCUT2D eigenvalue weighted by molar-refractivity contribution is 0.415. The molecule has 0 atom stereocenters. The summed E-state index contributed by atoms with van der Waals surface area (Å²) in [4.78, 5) is 3.49. The van der Waals surface area contributed by atoms with Gasteiger partial charge in [0.15, 0.2) is 15.9 Å². The molecule has 3 rings (SSSR count). The van der Waals surface area contributed by atoms with E-state index in [9.17, 15) is 0 Å². The number of anilines is 2. The summed E-state index contributed by atoms with van der Waals surface area (Å²) in [6.45, 7) is 0. The fourth-order valence-corrected chi connectivity index (χ4v) is 3.39. The maximum absolute atomic E-state index is 8.39. The van der Waals surface area contributed by atoms with Crippen LogP contribution in [0.25, 0.3) is 0 Å². The zero-order valence-electron chi connectivity index (χ0n) is 13.4. The van der Waals surface area contributed by atoms with Gasteiger partial charge in [-0.2, -0.15) is 0 Å². The Morgan fingerprint density at radius 1 is 0.960 bits per heavy atom. The molecule has 1 aliphatic heterocycles. The van der Waals surface area contributed by atoms with E-state index in [1.165, 1.54) is 0 Å². The number of halogens is 1. The molecule has 1 N–H and O–H groups in total. The lowest BCUT2D eigenvalue weighted by Crippen LogP contribution is -2.33. The summed E-state index contributed by atoms with van der Waals surface area (Å²) in [6, 6.07) is 12.4. The minimum Gasteiger partial charge on any atom is -0.497 e. The first-order valence-corrected chi connectivity index (χ1v) is 8.42. The lowest BCUT2D eigenvalue weighted by atomic mass is 10.2. The van der Waals surface area contributed by atoms with Crippen LogP contribution in [0.4, 0.5) is 11.4 Å². The Morgan fingerprint density at radius 2 is 1.64 bits per heavy atom. The van der Waals surface area contributed by atoms with E-state index in [1.54, 1.807) is 54.4 Å². The van der Waals surface area contributed by atoms with Crippen LogP contribution >= 0.6 is 36.0 Å². The molecule has 25 heavy (non-hydrogen) atoms. The zero-order chi connectivity index (χ0) is 18.1. The minimum absolute atomic E-state index is 0.118. The predicted molar refractivity (Wildman–Crippen MR) is 109 cm³/mol. The van der Waals surface area contributed by atoms with Crippen molar-refractivity contribution in [1.29, 1.82) is 5.41 Å². The third kappa shape index (κ3) is 3.06. The van der Waals surface area contributed by atoms with Gasteiger partial charge in [-0.25, -0.2) is 0 Å². The molecule has 1 heterocycles. The van der Waals surface area contributed by atoms with Gasteiger partial charge in [-0.15, -0.1) is 0 Å². The Hall–Kier alpha value is -2.22. The highest BCUT2D eigenvalue weighted by molar-refractivity contribution is 7.84. The number of nitrogens with one attached hydrogen (secondary N) is 1. The molecule has 0 bridgehead atoms. The summed E-state index contributed by atoms with van der Waals surface area (Å²) in [5.74, 6) is 1.40. The molecule has 2 aromatic rings. The molecule has 0 saturated carbocycles. The summed E-state index contributed by atoms with van der Waals surface area (Å²) in [5.41, 5.74) is 1.33. The van der Waals surface area contributed by atoms with Gasteiger partial charge >= 0.3 is 0 Å². The first-order valence-electron chi connectivity index (χ1n) is 7.22. The molecule has 5 nitrogen and oxygen atoms in total. The van der Waals surface area contributed by atoms with Crippen LogP contribution < -0.4 is 19.3 Å². The summed E-state index contributed by atoms with van der Waals surface area (Å²) in [6.07, 6.45) is 0. The average Bonchev–Trinajstić information content (AvgIpc) is 2.84. The quantitative estimate of drug-likeness (QED) is 0.785. The Bertz CT molecular complexity index is 871. The Labute approximate surface area is 161 Å². The van der Waals surface area contributed by atoms with Crippen molar-refractivity contribution in [2.24, 2.45) is 0 Å². The molecule has 0 spiro atoms. The van der Waals surface area contributed by atoms with E-state index in [4.69, 9.17) is 50.9 Å². The molecule has 0 aliphatic carbocycles. The van der Waals surface area contributed by atoms with Gasteiger partial charge in [-0.05, 0) is 54.7 Å². The predicted octanol–water partition coefficient (Wildman–Crippen LogP) is 4.27. The topological polar surface area (TPSA) is 48.8 Å². The fourth-order valence-electron chi connectivity index (χ4n) is 2.51. The number of thiocarbonyl (C=S) groups is 2. The summed E-state index contributed by atoms with van der Waals surface area (Å²) in [7, 11) is 3.15. The van der Waals surface area contributed by atoms with Gasteiger partial charge in [0.1, 0.15) is 11.5 Å². The minimum atomic E-state index is 0.118. The van der Waals surface area contributed by atoms with Crippen LogP contribution in [0, 0.1) is 5.41 Å². The van der Waals surface area contributed by atoms with Gasteiger partial charge in [0.05, 0.1) is 25.6 Å². The van der Waals surface area contributed by atoms with E-state index >= 15 is 0 Å². The van der Waals surface area contributed by atoms with Gasteiger partial charge in [-0.3, -0.25) is 15.2 Å². The first-order chi connectivity index (χ1) is 12.0. The SMILES string of the molecule is COc1ccc(N2C(=N)C(=S)N(c3cc(Cl)ccc3OC)C2=S)cc1. The molecule has 0 radical (unpaired) electrons. The second-order valence-electron chi connectivity index (χ2n) is 5.12. The molecule has 128 valence electrons. The lowest BCUT2D eigenvalue weighted by Gasteiger charge is -2.22. The second kappa shape index (κ2) is 6.95. The normalized spacial score (nSPS) is 14.3. The molecule has 2 aromatic carbocycles. The van der Waals surface area contributed by atoms with Crippen LogP contribution in [0.5, 0.6) is 11.5 Å². The monoisotopic (exact) mass is 391 g/mol. The van der Waals surface area contributed by atoms with Crippen LogP contribution in [0.15, 0.2) is 42.5 Å². The largest absolute Gasteiger partial charge is 0.497 e. The number of hydrogen-bond donors (Lipinski definition) is 1. The molecule has 1 aliphatic rings. The average molecular weight is 392 g/mol. The number of ether oxygens (including phenoxy) is 2. The van der Waals surface area contributed by atoms with E-state index < -0.39 is 0 Å². The highest BCUT2D eigenvalue weighted by atomic mass is 35.5. The fraction of sp³-hybridized carbons (Fsp3) is 0.118. The molecular formula is C17H14ClN3O2S2. The van der Waals surface area contributed by atoms with Crippen molar-refractivity contribution < 1.29 is 9.47 Å². The number of benzene rings is 2. The maximum atomic E-state index is 8.39. The van der Waals surface area contributed by atoms with Crippen LogP contribution in [-0.2, 0) is 0 Å². The first kappa shape index (κ1) is 17.6. The number of rotatable bonds is 4. The number of amidine groups is 1. The van der Waals surface area contributed by atoms with Crippen molar-refractivity contribution in [3.63, 3.8) is 0 Å². The number of methoxy groups -OCH3 is 2. The molecule has 0 unspecified atom stereocenters. The second-order valence-corrected chi connectivity index (χ2v) is 6.31. The highest BCUT2D eigenvalue weighted by Crippen LogP contribution is 2.36. The zero-order valence-corrected chi connectivity index (χ0v) is 15.8. The van der Waals surface area contributed by atoms with Crippen LogP contribution in [-0.4, -0.2) is 30.2 Å². The molecule has 0 amide bonds. The van der Waals surface area contributed by atoms with Gasteiger partial charge in [0.2, 0.25) is 0 Å². The van der Waals surface area contributed by atoms with Crippen LogP contribution in [0.1, 0.15) is 0 Å². The number of nitrogens with zero attached hydrogens (tertiary/aromatic N) is 2. The van der Waals surface area contributed by atoms with Crippen molar-refractivity contribution >= 4 is 63.3 Å². The molecule has 0 aromatic heterocycles. The number of hydrogen-bond acceptors (Lipinski definition) is 5. The third-order valence-electron chi connectivity index (χ3n) is 3.72.